The van der Waals surface area contributed by atoms with Crippen LogP contribution in [-0.4, -0.2) is 31.8 Å². The number of hydrogen-bond acceptors (Lipinski definition) is 6. The number of nitrogens with one attached hydrogen (secondary N) is 2. The summed E-state index contributed by atoms with van der Waals surface area (Å²) in [4.78, 5) is 28.5. The number of rotatable bonds is 7. The van der Waals surface area contributed by atoms with Gasteiger partial charge in [0.25, 0.3) is 11.8 Å². The Kier molecular flexibility index (Phi) is 6.23. The second-order valence-corrected chi connectivity index (χ2v) is 9.19. The van der Waals surface area contributed by atoms with Gasteiger partial charge >= 0.3 is 0 Å². The lowest BCUT2D eigenvalue weighted by atomic mass is 10.2. The molecule has 0 saturated carbocycles. The van der Waals surface area contributed by atoms with Crippen molar-refractivity contribution in [3.05, 3.63) is 89.9 Å². The molecule has 0 aliphatic heterocycles. The fraction of sp³-hybridized carbons (Fsp3) is 0.125. The molecule has 0 spiro atoms. The van der Waals surface area contributed by atoms with Crippen LogP contribution in [0, 0.1) is 0 Å². The Morgan fingerprint density at radius 1 is 0.939 bits per heavy atom. The number of amides is 2. The first kappa shape index (κ1) is 22.2. The fourth-order valence-corrected chi connectivity index (χ4v) is 4.56. The second-order valence-electron chi connectivity index (χ2n) is 7.24. The molecule has 0 fully saturated rings. The van der Waals surface area contributed by atoms with E-state index in [1.54, 1.807) is 43.5 Å². The molecule has 168 valence electrons. The van der Waals surface area contributed by atoms with Gasteiger partial charge in [-0.3, -0.25) is 14.6 Å². The van der Waals surface area contributed by atoms with E-state index in [-0.39, 0.29) is 39.5 Å². The van der Waals surface area contributed by atoms with E-state index in [9.17, 15) is 18.0 Å². The average Bonchev–Trinajstić information content (AvgIpc) is 3.27. The summed E-state index contributed by atoms with van der Waals surface area (Å²) in [6, 6.07) is 15.5. The first-order chi connectivity index (χ1) is 15.9. The number of pyridine rings is 1. The smallest absolute Gasteiger partial charge is 0.287 e. The summed E-state index contributed by atoms with van der Waals surface area (Å²) < 4.78 is 31.5. The average molecular weight is 464 g/mol. The van der Waals surface area contributed by atoms with Gasteiger partial charge in [-0.1, -0.05) is 18.2 Å². The molecule has 2 aromatic carbocycles. The van der Waals surface area contributed by atoms with Gasteiger partial charge in [-0.15, -0.1) is 0 Å². The van der Waals surface area contributed by atoms with E-state index >= 15 is 0 Å². The number of nitrogens with zero attached hydrogens (tertiary/aromatic N) is 1. The predicted octanol–water partition coefficient (Wildman–Crippen LogP) is 3.34. The van der Waals surface area contributed by atoms with E-state index in [1.807, 2.05) is 0 Å². The van der Waals surface area contributed by atoms with Crippen LogP contribution in [0.2, 0.25) is 0 Å². The molecule has 0 aliphatic carbocycles. The lowest BCUT2D eigenvalue weighted by molar-refractivity contribution is 0.0923. The van der Waals surface area contributed by atoms with Crippen molar-refractivity contribution in [1.82, 2.24) is 15.6 Å². The van der Waals surface area contributed by atoms with E-state index in [4.69, 9.17) is 4.42 Å². The van der Waals surface area contributed by atoms with Gasteiger partial charge in [0.2, 0.25) is 9.84 Å². The third-order valence-corrected chi connectivity index (χ3v) is 6.74. The SMILES string of the molecule is CCNC(=O)c1cccc(S(=O)(=O)c2ccc(CNC(=O)c3cc4ccncc4o3)cc2)c1. The van der Waals surface area contributed by atoms with Gasteiger partial charge in [0.1, 0.15) is 0 Å². The van der Waals surface area contributed by atoms with Gasteiger partial charge in [-0.05, 0) is 55.0 Å². The van der Waals surface area contributed by atoms with Gasteiger partial charge in [0.05, 0.1) is 16.0 Å². The third-order valence-electron chi connectivity index (χ3n) is 4.98. The maximum atomic E-state index is 13.0. The molecule has 2 aromatic heterocycles. The van der Waals surface area contributed by atoms with Crippen molar-refractivity contribution in [1.29, 1.82) is 0 Å². The van der Waals surface area contributed by atoms with Crippen molar-refractivity contribution >= 4 is 32.6 Å². The molecule has 2 amide bonds. The highest BCUT2D eigenvalue weighted by molar-refractivity contribution is 7.91. The summed E-state index contributed by atoms with van der Waals surface area (Å²) in [5.41, 5.74) is 1.52. The molecule has 2 heterocycles. The minimum absolute atomic E-state index is 0.0340. The van der Waals surface area contributed by atoms with Crippen molar-refractivity contribution in [2.24, 2.45) is 0 Å². The van der Waals surface area contributed by atoms with Gasteiger partial charge < -0.3 is 15.1 Å². The third kappa shape index (κ3) is 4.78. The molecule has 0 unspecified atom stereocenters. The second kappa shape index (κ2) is 9.25. The Balaban J connectivity index is 1.45. The maximum absolute atomic E-state index is 13.0. The van der Waals surface area contributed by atoms with Crippen LogP contribution in [0.3, 0.4) is 0 Å². The first-order valence-corrected chi connectivity index (χ1v) is 11.7. The van der Waals surface area contributed by atoms with Crippen LogP contribution >= 0.6 is 0 Å². The summed E-state index contributed by atoms with van der Waals surface area (Å²) in [5, 5.41) is 6.18. The molecular formula is C24H21N3O5S. The Morgan fingerprint density at radius 2 is 1.73 bits per heavy atom. The van der Waals surface area contributed by atoms with Gasteiger partial charge in [0, 0.05) is 30.2 Å². The lowest BCUT2D eigenvalue weighted by Gasteiger charge is -2.09. The summed E-state index contributed by atoms with van der Waals surface area (Å²) in [6.07, 6.45) is 3.16. The fourth-order valence-electron chi connectivity index (χ4n) is 3.26. The molecule has 33 heavy (non-hydrogen) atoms. The molecule has 4 rings (SSSR count). The zero-order valence-electron chi connectivity index (χ0n) is 17.7. The first-order valence-electron chi connectivity index (χ1n) is 10.2. The molecule has 9 heteroatoms. The van der Waals surface area contributed by atoms with Crippen LogP contribution in [0.4, 0.5) is 0 Å². The van der Waals surface area contributed by atoms with Crippen LogP contribution < -0.4 is 10.6 Å². The topological polar surface area (TPSA) is 118 Å². The van der Waals surface area contributed by atoms with E-state index in [1.165, 1.54) is 36.5 Å². The quantitative estimate of drug-likeness (QED) is 0.434. The number of carbonyl (C=O) groups is 2. The monoisotopic (exact) mass is 463 g/mol. The Hall–Kier alpha value is -3.98. The molecule has 0 saturated heterocycles. The number of fused-ring (bicyclic) bond motifs is 1. The van der Waals surface area contributed by atoms with Gasteiger partial charge in [0.15, 0.2) is 11.3 Å². The summed E-state index contributed by atoms with van der Waals surface area (Å²) in [7, 11) is -3.80. The normalized spacial score (nSPS) is 11.3. The van der Waals surface area contributed by atoms with E-state index in [0.29, 0.717) is 12.1 Å². The number of carbonyl (C=O) groups excluding carboxylic acids is 2. The van der Waals surface area contributed by atoms with Gasteiger partial charge in [-0.25, -0.2) is 8.42 Å². The molecule has 0 aliphatic rings. The Labute approximate surface area is 190 Å². The summed E-state index contributed by atoms with van der Waals surface area (Å²) >= 11 is 0. The van der Waals surface area contributed by atoms with Crippen LogP contribution in [0.15, 0.2) is 87.3 Å². The van der Waals surface area contributed by atoms with Crippen molar-refractivity contribution in [2.75, 3.05) is 6.54 Å². The minimum atomic E-state index is -3.80. The zero-order chi connectivity index (χ0) is 23.4. The highest BCUT2D eigenvalue weighted by Gasteiger charge is 2.19. The molecular weight excluding hydrogens is 442 g/mol. The summed E-state index contributed by atoms with van der Waals surface area (Å²) in [6.45, 7) is 2.43. The van der Waals surface area contributed by atoms with Crippen LogP contribution in [-0.2, 0) is 16.4 Å². The summed E-state index contributed by atoms with van der Waals surface area (Å²) in [5.74, 6) is -0.546. The van der Waals surface area contributed by atoms with Crippen LogP contribution in [0.5, 0.6) is 0 Å². The van der Waals surface area contributed by atoms with Crippen molar-refractivity contribution in [3.8, 4) is 0 Å². The van der Waals surface area contributed by atoms with Crippen LogP contribution in [0.1, 0.15) is 33.4 Å². The predicted molar refractivity (Wildman–Crippen MR) is 122 cm³/mol. The highest BCUT2D eigenvalue weighted by atomic mass is 32.2. The van der Waals surface area contributed by atoms with Crippen molar-refractivity contribution in [3.63, 3.8) is 0 Å². The lowest BCUT2D eigenvalue weighted by Crippen LogP contribution is -2.22. The van der Waals surface area contributed by atoms with Crippen LogP contribution in [0.25, 0.3) is 11.0 Å². The number of sulfone groups is 1. The molecule has 0 bridgehead atoms. The Bertz CT molecular complexity index is 1390. The highest BCUT2D eigenvalue weighted by Crippen LogP contribution is 2.22. The minimum Gasteiger partial charge on any atom is -0.449 e. The molecule has 4 aromatic rings. The number of furan rings is 1. The molecule has 0 radical (unpaired) electrons. The van der Waals surface area contributed by atoms with E-state index in [0.717, 1.165) is 10.9 Å². The molecule has 2 N–H and O–H groups in total. The van der Waals surface area contributed by atoms with E-state index in [2.05, 4.69) is 15.6 Å². The number of benzene rings is 2. The van der Waals surface area contributed by atoms with Crippen molar-refractivity contribution in [2.45, 2.75) is 23.3 Å². The molecule has 8 nitrogen and oxygen atoms in total. The maximum Gasteiger partial charge on any atom is 0.287 e. The molecule has 0 atom stereocenters. The Morgan fingerprint density at radius 3 is 2.45 bits per heavy atom. The van der Waals surface area contributed by atoms with Gasteiger partial charge in [-0.2, -0.15) is 0 Å². The number of hydrogen-bond donors (Lipinski definition) is 2. The zero-order valence-corrected chi connectivity index (χ0v) is 18.6. The van der Waals surface area contributed by atoms with E-state index < -0.39 is 9.84 Å². The number of aromatic nitrogens is 1. The van der Waals surface area contributed by atoms with Crippen molar-refractivity contribution < 1.29 is 22.4 Å². The standard InChI is InChI=1S/C24H21N3O5S/c1-2-26-23(28)18-4-3-5-20(12-18)33(30,31)19-8-6-16(7-9-19)14-27-24(29)21-13-17-10-11-25-15-22(17)32-21/h3-13,15H,2,14H2,1H3,(H,26,28)(H,27,29). The largest absolute Gasteiger partial charge is 0.449 e.